The van der Waals surface area contributed by atoms with Crippen LogP contribution in [0.25, 0.3) is 10.4 Å². The quantitative estimate of drug-likeness (QED) is 0.764. The molecule has 0 aliphatic carbocycles. The van der Waals surface area contributed by atoms with Crippen molar-refractivity contribution in [2.24, 2.45) is 0 Å². The van der Waals surface area contributed by atoms with Gasteiger partial charge in [0.05, 0.1) is 4.75 Å². The molecule has 0 N–H and O–H groups in total. The van der Waals surface area contributed by atoms with Crippen molar-refractivity contribution >= 4 is 34.0 Å². The van der Waals surface area contributed by atoms with E-state index < -0.39 is 0 Å². The number of ketones is 1. The predicted octanol–water partition coefficient (Wildman–Crippen LogP) is 4.48. The second kappa shape index (κ2) is 6.95. The van der Waals surface area contributed by atoms with Crippen molar-refractivity contribution in [1.29, 1.82) is 0 Å². The van der Waals surface area contributed by atoms with E-state index >= 15 is 0 Å². The molecule has 2 aromatic rings. The molecule has 0 saturated carbocycles. The summed E-state index contributed by atoms with van der Waals surface area (Å²) in [4.78, 5) is 24.8. The van der Waals surface area contributed by atoms with Crippen LogP contribution in [0.15, 0.2) is 53.6 Å². The van der Waals surface area contributed by atoms with Gasteiger partial charge in [-0.15, -0.1) is 11.3 Å². The molecule has 1 aliphatic rings. The fourth-order valence-electron chi connectivity index (χ4n) is 2.49. The van der Waals surface area contributed by atoms with Gasteiger partial charge in [0.15, 0.2) is 5.78 Å². The molecule has 3 nitrogen and oxygen atoms in total. The van der Waals surface area contributed by atoms with Gasteiger partial charge in [-0.3, -0.25) is 9.59 Å². The summed E-state index contributed by atoms with van der Waals surface area (Å²) in [5, 5.41) is 2.03. The Morgan fingerprint density at radius 3 is 2.50 bits per heavy atom. The maximum atomic E-state index is 12.1. The number of benzene rings is 1. The standard InChI is InChI=1S/C19H18O3S2/c1-19(2)17(11-18(21)24-19)22-12-15(20)10-13-5-7-14(8-6-13)16-4-3-9-23-16/h3-9,11H,10,12H2,1-2H3. The largest absolute Gasteiger partial charge is 0.489 e. The first-order chi connectivity index (χ1) is 11.4. The molecule has 2 heterocycles. The zero-order valence-corrected chi connectivity index (χ0v) is 15.2. The van der Waals surface area contributed by atoms with Gasteiger partial charge >= 0.3 is 0 Å². The SMILES string of the molecule is CC1(C)SC(=O)C=C1OCC(=O)Cc1ccc(-c2cccs2)cc1. The minimum atomic E-state index is -0.389. The highest BCUT2D eigenvalue weighted by Gasteiger charge is 2.35. The van der Waals surface area contributed by atoms with Crippen LogP contribution in [0.4, 0.5) is 0 Å². The molecular weight excluding hydrogens is 340 g/mol. The summed E-state index contributed by atoms with van der Waals surface area (Å²) in [6, 6.07) is 12.1. The Bertz CT molecular complexity index is 771. The van der Waals surface area contributed by atoms with Crippen LogP contribution in [-0.2, 0) is 20.7 Å². The van der Waals surface area contributed by atoms with Gasteiger partial charge < -0.3 is 4.74 Å². The van der Waals surface area contributed by atoms with E-state index in [1.54, 1.807) is 11.3 Å². The minimum absolute atomic E-state index is 0.0000717. The maximum Gasteiger partial charge on any atom is 0.216 e. The Labute approximate surface area is 149 Å². The molecule has 0 atom stereocenters. The van der Waals surface area contributed by atoms with Gasteiger partial charge in [0.1, 0.15) is 12.4 Å². The topological polar surface area (TPSA) is 43.4 Å². The first-order valence-corrected chi connectivity index (χ1v) is 9.36. The number of thiophene rings is 1. The van der Waals surface area contributed by atoms with Crippen LogP contribution in [-0.4, -0.2) is 22.3 Å². The summed E-state index contributed by atoms with van der Waals surface area (Å²) in [7, 11) is 0. The lowest BCUT2D eigenvalue weighted by Gasteiger charge is -2.20. The van der Waals surface area contributed by atoms with E-state index in [-0.39, 0.29) is 22.3 Å². The Morgan fingerprint density at radius 1 is 1.17 bits per heavy atom. The molecule has 0 amide bonds. The molecule has 0 saturated heterocycles. The molecule has 1 aromatic heterocycles. The number of hydrogen-bond donors (Lipinski definition) is 0. The lowest BCUT2D eigenvalue weighted by Crippen LogP contribution is -2.20. The van der Waals surface area contributed by atoms with Crippen LogP contribution >= 0.6 is 23.1 Å². The van der Waals surface area contributed by atoms with Gasteiger partial charge in [-0.05, 0) is 36.4 Å². The first kappa shape index (κ1) is 17.0. The Kier molecular flexibility index (Phi) is 4.92. The van der Waals surface area contributed by atoms with Gasteiger partial charge in [-0.2, -0.15) is 0 Å². The van der Waals surface area contributed by atoms with Crippen molar-refractivity contribution in [3.63, 3.8) is 0 Å². The van der Waals surface area contributed by atoms with Crippen molar-refractivity contribution in [3.8, 4) is 10.4 Å². The summed E-state index contributed by atoms with van der Waals surface area (Å²) in [5.41, 5.74) is 2.12. The van der Waals surface area contributed by atoms with Crippen molar-refractivity contribution in [1.82, 2.24) is 0 Å². The molecule has 0 bridgehead atoms. The molecule has 1 aliphatic heterocycles. The fourth-order valence-corrected chi connectivity index (χ4v) is 4.11. The van der Waals surface area contributed by atoms with E-state index in [0.29, 0.717) is 12.2 Å². The van der Waals surface area contributed by atoms with Crippen LogP contribution in [0, 0.1) is 0 Å². The summed E-state index contributed by atoms with van der Waals surface area (Å²) >= 11 is 2.92. The number of hydrogen-bond acceptors (Lipinski definition) is 5. The van der Waals surface area contributed by atoms with Crippen LogP contribution in [0.3, 0.4) is 0 Å². The highest BCUT2D eigenvalue weighted by Crippen LogP contribution is 2.39. The molecule has 0 unspecified atom stereocenters. The summed E-state index contributed by atoms with van der Waals surface area (Å²) in [6.45, 7) is 3.83. The van der Waals surface area contributed by atoms with Crippen molar-refractivity contribution < 1.29 is 14.3 Å². The molecule has 24 heavy (non-hydrogen) atoms. The second-order valence-corrected chi connectivity index (χ2v) is 8.69. The van der Waals surface area contributed by atoms with Crippen LogP contribution in [0.5, 0.6) is 0 Å². The monoisotopic (exact) mass is 358 g/mol. The van der Waals surface area contributed by atoms with Crippen LogP contribution < -0.4 is 0 Å². The molecular formula is C19H18O3S2. The third-order valence-corrected chi connectivity index (χ3v) is 5.70. The van der Waals surface area contributed by atoms with Gasteiger partial charge in [0, 0.05) is 17.4 Å². The fraction of sp³-hybridized carbons (Fsp3) is 0.263. The van der Waals surface area contributed by atoms with E-state index in [1.165, 1.54) is 22.7 Å². The Hall–Kier alpha value is -1.85. The van der Waals surface area contributed by atoms with E-state index in [4.69, 9.17) is 4.74 Å². The molecule has 3 rings (SSSR count). The highest BCUT2D eigenvalue weighted by molar-refractivity contribution is 8.15. The zero-order chi connectivity index (χ0) is 17.2. The summed E-state index contributed by atoms with van der Waals surface area (Å²) in [6.07, 6.45) is 1.81. The second-order valence-electron chi connectivity index (χ2n) is 6.12. The highest BCUT2D eigenvalue weighted by atomic mass is 32.2. The van der Waals surface area contributed by atoms with Gasteiger partial charge in [-0.1, -0.05) is 42.1 Å². The van der Waals surface area contributed by atoms with Gasteiger partial charge in [0.25, 0.3) is 0 Å². The van der Waals surface area contributed by atoms with Crippen molar-refractivity contribution in [2.75, 3.05) is 6.61 Å². The smallest absolute Gasteiger partial charge is 0.216 e. The average Bonchev–Trinajstić information content (AvgIpc) is 3.13. The predicted molar refractivity (Wildman–Crippen MR) is 99.2 cm³/mol. The third-order valence-electron chi connectivity index (χ3n) is 3.75. The molecule has 0 spiro atoms. The maximum absolute atomic E-state index is 12.1. The summed E-state index contributed by atoms with van der Waals surface area (Å²) < 4.78 is 5.19. The number of rotatable bonds is 6. The minimum Gasteiger partial charge on any atom is -0.489 e. The average molecular weight is 358 g/mol. The molecule has 0 radical (unpaired) electrons. The molecule has 0 fully saturated rings. The first-order valence-electron chi connectivity index (χ1n) is 7.66. The van der Waals surface area contributed by atoms with Gasteiger partial charge in [-0.25, -0.2) is 0 Å². The number of thioether (sulfide) groups is 1. The zero-order valence-electron chi connectivity index (χ0n) is 13.6. The van der Waals surface area contributed by atoms with Gasteiger partial charge in [0.2, 0.25) is 5.12 Å². The summed E-state index contributed by atoms with van der Waals surface area (Å²) in [5.74, 6) is 0.582. The van der Waals surface area contributed by atoms with Crippen LogP contribution in [0.1, 0.15) is 19.4 Å². The lowest BCUT2D eigenvalue weighted by atomic mass is 10.1. The van der Waals surface area contributed by atoms with Crippen LogP contribution in [0.2, 0.25) is 0 Å². The molecule has 1 aromatic carbocycles. The number of carbonyl (C=O) groups is 2. The van der Waals surface area contributed by atoms with E-state index in [1.807, 2.05) is 49.6 Å². The number of Topliss-reactive ketones (excluding diaryl/α,β-unsaturated/α-hetero) is 1. The number of ether oxygens (including phenoxy) is 1. The van der Waals surface area contributed by atoms with E-state index in [9.17, 15) is 9.59 Å². The van der Waals surface area contributed by atoms with E-state index in [0.717, 1.165) is 11.1 Å². The normalized spacial score (nSPS) is 16.1. The number of carbonyl (C=O) groups excluding carboxylic acids is 2. The molecule has 5 heteroatoms. The van der Waals surface area contributed by atoms with Crippen molar-refractivity contribution in [2.45, 2.75) is 25.0 Å². The Morgan fingerprint density at radius 2 is 1.92 bits per heavy atom. The van der Waals surface area contributed by atoms with Crippen molar-refractivity contribution in [3.05, 3.63) is 59.2 Å². The lowest BCUT2D eigenvalue weighted by molar-refractivity contribution is -0.121. The Balaban J connectivity index is 1.56. The van der Waals surface area contributed by atoms with E-state index in [2.05, 4.69) is 6.07 Å². The molecule has 124 valence electrons. The third kappa shape index (κ3) is 3.97.